The average molecular weight is 281 g/mol. The van der Waals surface area contributed by atoms with Gasteiger partial charge < -0.3 is 15.5 Å². The maximum Gasteiger partial charge on any atom is 0.237 e. The predicted molar refractivity (Wildman–Crippen MR) is 82.7 cm³/mol. The van der Waals surface area contributed by atoms with Crippen LogP contribution in [0.1, 0.15) is 59.3 Å². The first kappa shape index (κ1) is 15.8. The average Bonchev–Trinajstić information content (AvgIpc) is 2.39. The Morgan fingerprint density at radius 3 is 2.40 bits per heavy atom. The number of hydrogen-bond donors (Lipinski definition) is 2. The van der Waals surface area contributed by atoms with Crippen LogP contribution in [0.3, 0.4) is 0 Å². The zero-order valence-corrected chi connectivity index (χ0v) is 13.5. The number of hydrogen-bond acceptors (Lipinski definition) is 3. The molecule has 0 aliphatic carbocycles. The molecule has 116 valence electrons. The summed E-state index contributed by atoms with van der Waals surface area (Å²) in [7, 11) is 2.27. The summed E-state index contributed by atoms with van der Waals surface area (Å²) in [6, 6.07) is 2.11. The zero-order valence-electron chi connectivity index (χ0n) is 13.5. The Morgan fingerprint density at radius 1 is 1.25 bits per heavy atom. The van der Waals surface area contributed by atoms with Gasteiger partial charge in [-0.15, -0.1) is 0 Å². The van der Waals surface area contributed by atoms with Gasteiger partial charge in [0, 0.05) is 24.2 Å². The van der Waals surface area contributed by atoms with E-state index in [0.29, 0.717) is 18.1 Å². The van der Waals surface area contributed by atoms with E-state index in [4.69, 9.17) is 0 Å². The third kappa shape index (κ3) is 3.73. The molecule has 4 atom stereocenters. The van der Waals surface area contributed by atoms with Crippen LogP contribution in [0.5, 0.6) is 0 Å². The van der Waals surface area contributed by atoms with Gasteiger partial charge in [-0.25, -0.2) is 0 Å². The van der Waals surface area contributed by atoms with Crippen molar-refractivity contribution in [3.8, 4) is 0 Å². The Bertz CT molecular complexity index is 320. The normalized spacial score (nSPS) is 33.5. The van der Waals surface area contributed by atoms with Crippen LogP contribution >= 0.6 is 0 Å². The van der Waals surface area contributed by atoms with Gasteiger partial charge in [-0.3, -0.25) is 4.79 Å². The van der Waals surface area contributed by atoms with E-state index < -0.39 is 0 Å². The first-order valence-electron chi connectivity index (χ1n) is 8.29. The van der Waals surface area contributed by atoms with Crippen molar-refractivity contribution in [2.75, 3.05) is 7.05 Å². The highest BCUT2D eigenvalue weighted by molar-refractivity contribution is 5.81. The summed E-state index contributed by atoms with van der Waals surface area (Å²) >= 11 is 0. The van der Waals surface area contributed by atoms with Crippen molar-refractivity contribution in [1.29, 1.82) is 0 Å². The molecule has 2 aliphatic rings. The van der Waals surface area contributed by atoms with E-state index >= 15 is 0 Å². The zero-order chi connectivity index (χ0) is 14.7. The molecule has 1 amide bonds. The van der Waals surface area contributed by atoms with Gasteiger partial charge >= 0.3 is 0 Å². The molecule has 0 aromatic carbocycles. The second-order valence-electron chi connectivity index (χ2n) is 6.78. The third-order valence-corrected chi connectivity index (χ3v) is 5.22. The summed E-state index contributed by atoms with van der Waals surface area (Å²) in [6.07, 6.45) is 7.37. The SMILES string of the molecule is CCC(C)NC(=O)C(C)NC1CC2CCCC(C1)N2C. The largest absolute Gasteiger partial charge is 0.352 e. The Morgan fingerprint density at radius 2 is 1.85 bits per heavy atom. The van der Waals surface area contributed by atoms with Crippen LogP contribution < -0.4 is 10.6 Å². The molecule has 2 aliphatic heterocycles. The van der Waals surface area contributed by atoms with Gasteiger partial charge in [-0.2, -0.15) is 0 Å². The smallest absolute Gasteiger partial charge is 0.237 e. The quantitative estimate of drug-likeness (QED) is 0.809. The van der Waals surface area contributed by atoms with Gasteiger partial charge in [0.2, 0.25) is 5.91 Å². The van der Waals surface area contributed by atoms with Crippen molar-refractivity contribution < 1.29 is 4.79 Å². The lowest BCUT2D eigenvalue weighted by Gasteiger charge is -2.47. The summed E-state index contributed by atoms with van der Waals surface area (Å²) in [4.78, 5) is 14.7. The molecular weight excluding hydrogens is 250 g/mol. The number of carbonyl (C=O) groups excluding carboxylic acids is 1. The standard InChI is InChI=1S/C16H31N3O/c1-5-11(2)17-16(20)12(3)18-13-9-14-7-6-8-15(10-13)19(14)4/h11-15,18H,5-10H2,1-4H3,(H,17,20). The van der Waals surface area contributed by atoms with Crippen LogP contribution in [0.2, 0.25) is 0 Å². The van der Waals surface area contributed by atoms with Crippen LogP contribution in [-0.2, 0) is 4.79 Å². The van der Waals surface area contributed by atoms with Gasteiger partial charge in [0.1, 0.15) is 0 Å². The Hall–Kier alpha value is -0.610. The lowest BCUT2D eigenvalue weighted by atomic mass is 9.82. The van der Waals surface area contributed by atoms with Crippen molar-refractivity contribution in [2.45, 2.75) is 89.5 Å². The van der Waals surface area contributed by atoms with Crippen LogP contribution in [0, 0.1) is 0 Å². The van der Waals surface area contributed by atoms with Gasteiger partial charge in [0.05, 0.1) is 6.04 Å². The van der Waals surface area contributed by atoms with E-state index in [-0.39, 0.29) is 18.0 Å². The molecule has 2 rings (SSSR count). The first-order chi connectivity index (χ1) is 9.51. The van der Waals surface area contributed by atoms with Crippen LogP contribution in [-0.4, -0.2) is 48.1 Å². The molecule has 0 spiro atoms. The third-order valence-electron chi connectivity index (χ3n) is 5.22. The second-order valence-corrected chi connectivity index (χ2v) is 6.78. The Labute approximate surface area is 123 Å². The maximum absolute atomic E-state index is 12.1. The number of rotatable bonds is 5. The van der Waals surface area contributed by atoms with Crippen LogP contribution in [0.4, 0.5) is 0 Å². The van der Waals surface area contributed by atoms with Crippen molar-refractivity contribution in [3.05, 3.63) is 0 Å². The molecule has 0 aromatic heterocycles. The number of piperidine rings is 2. The Kier molecular flexibility index (Phi) is 5.44. The minimum atomic E-state index is -0.0851. The van der Waals surface area contributed by atoms with E-state index in [2.05, 4.69) is 36.4 Å². The molecule has 0 aromatic rings. The lowest BCUT2D eigenvalue weighted by molar-refractivity contribution is -0.123. The van der Waals surface area contributed by atoms with Crippen molar-refractivity contribution in [2.24, 2.45) is 0 Å². The van der Waals surface area contributed by atoms with Crippen molar-refractivity contribution in [3.63, 3.8) is 0 Å². The minimum absolute atomic E-state index is 0.0851. The van der Waals surface area contributed by atoms with Gasteiger partial charge in [-0.05, 0) is 53.0 Å². The summed E-state index contributed by atoms with van der Waals surface area (Å²) < 4.78 is 0. The summed E-state index contributed by atoms with van der Waals surface area (Å²) in [5.41, 5.74) is 0. The molecule has 4 unspecified atom stereocenters. The maximum atomic E-state index is 12.1. The van der Waals surface area contributed by atoms with E-state index in [1.54, 1.807) is 0 Å². The topological polar surface area (TPSA) is 44.4 Å². The van der Waals surface area contributed by atoms with E-state index in [9.17, 15) is 4.79 Å². The molecule has 2 fully saturated rings. The van der Waals surface area contributed by atoms with E-state index in [1.165, 1.54) is 32.1 Å². The highest BCUT2D eigenvalue weighted by Gasteiger charge is 2.36. The number of nitrogens with zero attached hydrogens (tertiary/aromatic N) is 1. The fourth-order valence-electron chi connectivity index (χ4n) is 3.65. The van der Waals surface area contributed by atoms with Gasteiger partial charge in [-0.1, -0.05) is 13.3 Å². The van der Waals surface area contributed by atoms with E-state index in [1.807, 2.05) is 6.92 Å². The fraction of sp³-hybridized carbons (Fsp3) is 0.938. The molecule has 2 bridgehead atoms. The predicted octanol–water partition coefficient (Wildman–Crippen LogP) is 1.89. The first-order valence-corrected chi connectivity index (χ1v) is 8.29. The number of nitrogens with one attached hydrogen (secondary N) is 2. The fourth-order valence-corrected chi connectivity index (χ4v) is 3.65. The molecule has 0 radical (unpaired) electrons. The Balaban J connectivity index is 1.83. The molecule has 4 nitrogen and oxygen atoms in total. The van der Waals surface area contributed by atoms with Gasteiger partial charge in [0.25, 0.3) is 0 Å². The highest BCUT2D eigenvalue weighted by Crippen LogP contribution is 2.32. The molecule has 0 saturated carbocycles. The van der Waals surface area contributed by atoms with Crippen LogP contribution in [0.25, 0.3) is 0 Å². The molecule has 2 N–H and O–H groups in total. The summed E-state index contributed by atoms with van der Waals surface area (Å²) in [5.74, 6) is 0.142. The minimum Gasteiger partial charge on any atom is -0.352 e. The molecule has 20 heavy (non-hydrogen) atoms. The molecular formula is C16H31N3O. The van der Waals surface area contributed by atoms with Crippen molar-refractivity contribution >= 4 is 5.91 Å². The monoisotopic (exact) mass is 281 g/mol. The lowest BCUT2D eigenvalue weighted by Crippen LogP contribution is -2.57. The van der Waals surface area contributed by atoms with Crippen molar-refractivity contribution in [1.82, 2.24) is 15.5 Å². The number of carbonyl (C=O) groups is 1. The number of amides is 1. The summed E-state index contributed by atoms with van der Waals surface area (Å²) in [6.45, 7) is 6.15. The van der Waals surface area contributed by atoms with Crippen LogP contribution in [0.15, 0.2) is 0 Å². The second kappa shape index (κ2) is 6.90. The van der Waals surface area contributed by atoms with Gasteiger partial charge in [0.15, 0.2) is 0 Å². The molecule has 4 heteroatoms. The van der Waals surface area contributed by atoms with E-state index in [0.717, 1.165) is 6.42 Å². The number of fused-ring (bicyclic) bond motifs is 2. The summed E-state index contributed by atoms with van der Waals surface area (Å²) in [5, 5.41) is 6.62. The molecule has 2 saturated heterocycles. The molecule has 2 heterocycles. The highest BCUT2D eigenvalue weighted by atomic mass is 16.2.